The number of Topliss-reactive ketones (excluding diaryl/α,β-unsaturated/α-hetero) is 1. The summed E-state index contributed by atoms with van der Waals surface area (Å²) in [6, 6.07) is 5.70. The molecule has 0 radical (unpaired) electrons. The largest absolute Gasteiger partial charge is 0.326 e. The van der Waals surface area contributed by atoms with Crippen molar-refractivity contribution >= 4 is 15.8 Å². The van der Waals surface area contributed by atoms with Gasteiger partial charge in [-0.05, 0) is 31.9 Å². The number of rotatable bonds is 4. The van der Waals surface area contributed by atoms with Crippen LogP contribution in [-0.4, -0.2) is 26.3 Å². The first kappa shape index (κ1) is 15.2. The average molecular weight is 296 g/mol. The van der Waals surface area contributed by atoms with Gasteiger partial charge >= 0.3 is 0 Å². The van der Waals surface area contributed by atoms with Crippen molar-refractivity contribution in [1.82, 2.24) is 4.72 Å². The number of sulfonamides is 1. The fourth-order valence-corrected chi connectivity index (χ4v) is 3.82. The average Bonchev–Trinajstić information content (AvgIpc) is 2.41. The zero-order valence-corrected chi connectivity index (χ0v) is 12.3. The van der Waals surface area contributed by atoms with Gasteiger partial charge in [0, 0.05) is 17.6 Å². The second kappa shape index (κ2) is 6.03. The highest BCUT2D eigenvalue weighted by molar-refractivity contribution is 7.89. The molecule has 3 N–H and O–H groups in total. The van der Waals surface area contributed by atoms with Crippen molar-refractivity contribution in [2.45, 2.75) is 49.6 Å². The summed E-state index contributed by atoms with van der Waals surface area (Å²) in [7, 11) is -3.63. The normalized spacial score (nSPS) is 23.5. The third kappa shape index (κ3) is 3.45. The minimum atomic E-state index is -3.63. The van der Waals surface area contributed by atoms with Crippen molar-refractivity contribution in [1.29, 1.82) is 0 Å². The van der Waals surface area contributed by atoms with Crippen LogP contribution in [0, 0.1) is 0 Å². The second-order valence-electron chi connectivity index (χ2n) is 5.26. The molecule has 1 saturated carbocycles. The molecule has 0 heterocycles. The van der Waals surface area contributed by atoms with Crippen molar-refractivity contribution in [2.75, 3.05) is 0 Å². The number of carbonyl (C=O) groups excluding carboxylic acids is 1. The van der Waals surface area contributed by atoms with Crippen LogP contribution < -0.4 is 10.5 Å². The highest BCUT2D eigenvalue weighted by Gasteiger charge is 2.27. The first-order chi connectivity index (χ1) is 9.40. The number of nitrogens with two attached hydrogens (primary N) is 1. The van der Waals surface area contributed by atoms with Gasteiger partial charge in [-0.15, -0.1) is 0 Å². The molecule has 1 aliphatic rings. The maximum Gasteiger partial charge on any atom is 0.240 e. The van der Waals surface area contributed by atoms with E-state index in [0.717, 1.165) is 25.7 Å². The van der Waals surface area contributed by atoms with E-state index in [9.17, 15) is 13.2 Å². The second-order valence-corrected chi connectivity index (χ2v) is 6.97. The van der Waals surface area contributed by atoms with Crippen LogP contribution >= 0.6 is 0 Å². The Labute approximate surface area is 119 Å². The highest BCUT2D eigenvalue weighted by atomic mass is 32.2. The van der Waals surface area contributed by atoms with Gasteiger partial charge in [-0.25, -0.2) is 13.1 Å². The summed E-state index contributed by atoms with van der Waals surface area (Å²) in [6.07, 6.45) is 3.61. The molecular formula is C14H20N2O3S. The van der Waals surface area contributed by atoms with Gasteiger partial charge in [0.25, 0.3) is 0 Å². The van der Waals surface area contributed by atoms with Crippen molar-refractivity contribution in [3.05, 3.63) is 29.8 Å². The minimum absolute atomic E-state index is 0.114. The summed E-state index contributed by atoms with van der Waals surface area (Å²) in [5, 5.41) is 0. The van der Waals surface area contributed by atoms with Crippen LogP contribution in [0.15, 0.2) is 29.2 Å². The van der Waals surface area contributed by atoms with Crippen LogP contribution in [0.2, 0.25) is 0 Å². The van der Waals surface area contributed by atoms with Gasteiger partial charge in [-0.2, -0.15) is 0 Å². The Bertz CT molecular complexity index is 598. The van der Waals surface area contributed by atoms with E-state index in [4.69, 9.17) is 5.73 Å². The van der Waals surface area contributed by atoms with Gasteiger partial charge in [0.05, 0.1) is 4.90 Å². The number of nitrogens with one attached hydrogen (secondary N) is 1. The molecule has 5 nitrogen and oxygen atoms in total. The third-order valence-electron chi connectivity index (χ3n) is 3.68. The first-order valence-electron chi connectivity index (χ1n) is 6.79. The van der Waals surface area contributed by atoms with E-state index in [2.05, 4.69) is 4.72 Å². The molecule has 2 rings (SSSR count). The van der Waals surface area contributed by atoms with Crippen LogP contribution in [0.3, 0.4) is 0 Å². The standard InChI is InChI=1S/C14H20N2O3S/c1-10(17)11-5-4-6-12(9-11)20(18,19)16-14-8-3-2-7-13(14)15/h4-6,9,13-14,16H,2-3,7-8,15H2,1H3. The third-order valence-corrected chi connectivity index (χ3v) is 5.16. The van der Waals surface area contributed by atoms with Crippen molar-refractivity contribution in [3.8, 4) is 0 Å². The highest BCUT2D eigenvalue weighted by Crippen LogP contribution is 2.20. The molecule has 1 aromatic carbocycles. The summed E-state index contributed by atoms with van der Waals surface area (Å²) in [4.78, 5) is 11.4. The van der Waals surface area contributed by atoms with E-state index >= 15 is 0 Å². The van der Waals surface area contributed by atoms with E-state index in [1.165, 1.54) is 19.1 Å². The van der Waals surface area contributed by atoms with Gasteiger partial charge in [0.2, 0.25) is 10.0 Å². The van der Waals surface area contributed by atoms with Gasteiger partial charge < -0.3 is 5.73 Å². The smallest absolute Gasteiger partial charge is 0.240 e. The van der Waals surface area contributed by atoms with E-state index < -0.39 is 10.0 Å². The Balaban J connectivity index is 2.21. The Kier molecular flexibility index (Phi) is 4.57. The molecule has 0 amide bonds. The molecular weight excluding hydrogens is 276 g/mol. The van der Waals surface area contributed by atoms with Crippen molar-refractivity contribution < 1.29 is 13.2 Å². The van der Waals surface area contributed by atoms with E-state index in [1.807, 2.05) is 0 Å². The Morgan fingerprint density at radius 3 is 2.65 bits per heavy atom. The summed E-state index contributed by atoms with van der Waals surface area (Å²) in [5.74, 6) is -0.156. The lowest BCUT2D eigenvalue weighted by atomic mass is 9.92. The fourth-order valence-electron chi connectivity index (χ4n) is 2.46. The minimum Gasteiger partial charge on any atom is -0.326 e. The number of benzene rings is 1. The molecule has 1 aromatic rings. The van der Waals surface area contributed by atoms with E-state index in [-0.39, 0.29) is 22.8 Å². The Morgan fingerprint density at radius 2 is 2.00 bits per heavy atom. The summed E-state index contributed by atoms with van der Waals surface area (Å²) in [5.41, 5.74) is 6.35. The molecule has 0 saturated heterocycles. The molecule has 1 fully saturated rings. The molecule has 110 valence electrons. The maximum absolute atomic E-state index is 12.3. The molecule has 0 aliphatic heterocycles. The molecule has 20 heavy (non-hydrogen) atoms. The quantitative estimate of drug-likeness (QED) is 0.823. The lowest BCUT2D eigenvalue weighted by Gasteiger charge is -2.29. The molecule has 0 aromatic heterocycles. The van der Waals surface area contributed by atoms with Crippen molar-refractivity contribution in [2.24, 2.45) is 5.73 Å². The molecule has 2 atom stereocenters. The molecule has 0 spiro atoms. The van der Waals surface area contributed by atoms with Crippen LogP contribution in [0.25, 0.3) is 0 Å². The number of hydrogen-bond acceptors (Lipinski definition) is 4. The molecule has 1 aliphatic carbocycles. The summed E-state index contributed by atoms with van der Waals surface area (Å²) in [6.45, 7) is 1.41. The topological polar surface area (TPSA) is 89.3 Å². The number of ketones is 1. The van der Waals surface area contributed by atoms with Gasteiger partial charge in [-0.1, -0.05) is 25.0 Å². The predicted octanol–water partition coefficient (Wildman–Crippen LogP) is 1.44. The SMILES string of the molecule is CC(=O)c1cccc(S(=O)(=O)NC2CCCCC2N)c1. The Hall–Kier alpha value is -1.24. The number of carbonyl (C=O) groups is 1. The van der Waals surface area contributed by atoms with Gasteiger partial charge in [0.15, 0.2) is 5.78 Å². The molecule has 2 unspecified atom stereocenters. The molecule has 6 heteroatoms. The van der Waals surface area contributed by atoms with E-state index in [0.29, 0.717) is 5.56 Å². The lowest BCUT2D eigenvalue weighted by Crippen LogP contribution is -2.49. The molecule has 0 bridgehead atoms. The summed E-state index contributed by atoms with van der Waals surface area (Å²) < 4.78 is 27.3. The number of hydrogen-bond donors (Lipinski definition) is 2. The maximum atomic E-state index is 12.3. The zero-order chi connectivity index (χ0) is 14.8. The predicted molar refractivity (Wildman–Crippen MR) is 77.0 cm³/mol. The van der Waals surface area contributed by atoms with Gasteiger partial charge in [-0.3, -0.25) is 4.79 Å². The van der Waals surface area contributed by atoms with Crippen LogP contribution in [0.5, 0.6) is 0 Å². The first-order valence-corrected chi connectivity index (χ1v) is 8.27. The lowest BCUT2D eigenvalue weighted by molar-refractivity contribution is 0.101. The van der Waals surface area contributed by atoms with E-state index in [1.54, 1.807) is 12.1 Å². The van der Waals surface area contributed by atoms with Crippen LogP contribution in [0.1, 0.15) is 43.0 Å². The van der Waals surface area contributed by atoms with Gasteiger partial charge in [0.1, 0.15) is 0 Å². The van der Waals surface area contributed by atoms with Crippen LogP contribution in [0.4, 0.5) is 0 Å². The Morgan fingerprint density at radius 1 is 1.30 bits per heavy atom. The fraction of sp³-hybridized carbons (Fsp3) is 0.500. The zero-order valence-electron chi connectivity index (χ0n) is 11.5. The monoisotopic (exact) mass is 296 g/mol. The van der Waals surface area contributed by atoms with Crippen LogP contribution in [-0.2, 0) is 10.0 Å². The summed E-state index contributed by atoms with van der Waals surface area (Å²) >= 11 is 0. The van der Waals surface area contributed by atoms with Crippen molar-refractivity contribution in [3.63, 3.8) is 0 Å².